The molecule has 272 valence electrons. The van der Waals surface area contributed by atoms with Crippen molar-refractivity contribution < 1.29 is 48.6 Å². The molecule has 0 radical (unpaired) electrons. The molecule has 8 atom stereocenters. The summed E-state index contributed by atoms with van der Waals surface area (Å²) in [6, 6.07) is -3.24. The highest BCUT2D eigenvalue weighted by Crippen LogP contribution is 2.11. The Morgan fingerprint density at radius 3 is 1.14 bits per heavy atom. The Morgan fingerprint density at radius 1 is 0.571 bits per heavy atom. The Bertz CT molecular complexity index is 1380. The van der Waals surface area contributed by atoms with Gasteiger partial charge in [0.1, 0.15) is 48.0 Å². The van der Waals surface area contributed by atoms with Gasteiger partial charge in [-0.1, -0.05) is 12.1 Å². The number of carbonyl (C=O) groups is 8. The maximum absolute atomic E-state index is 12.7. The number of rotatable bonds is 18. The van der Waals surface area contributed by atoms with Gasteiger partial charge >= 0.3 is 5.97 Å². The summed E-state index contributed by atoms with van der Waals surface area (Å²) in [4.78, 5) is 99.0. The van der Waals surface area contributed by atoms with Crippen LogP contribution in [-0.2, 0) is 44.8 Å². The van der Waals surface area contributed by atoms with Gasteiger partial charge in [-0.2, -0.15) is 12.6 Å². The van der Waals surface area contributed by atoms with Crippen molar-refractivity contribution in [3.8, 4) is 5.75 Å². The Hall–Kier alpha value is -4.91. The lowest BCUT2D eigenvalue weighted by Gasteiger charge is -2.23. The SMILES string of the molecule is C[C@H](NC(=O)[C@H](C)NC(=O)[C@H](C)NC(=O)[C@H](C)NC(=O)[C@@H](N)CS)C(=O)N[C@@H](C)C(=O)N[C@@H](C)C(=O)N[C@@H](Cc1ccc(O)cc1)C(=O)O. The topological polar surface area (TPSA) is 287 Å². The van der Waals surface area contributed by atoms with Crippen molar-refractivity contribution in [2.45, 2.75) is 96.3 Å². The summed E-state index contributed by atoms with van der Waals surface area (Å²) in [5, 5.41) is 35.6. The van der Waals surface area contributed by atoms with Gasteiger partial charge in [-0.15, -0.1) is 0 Å². The van der Waals surface area contributed by atoms with Gasteiger partial charge in [-0.3, -0.25) is 33.6 Å². The van der Waals surface area contributed by atoms with E-state index in [1.807, 2.05) is 0 Å². The summed E-state index contributed by atoms with van der Waals surface area (Å²) in [7, 11) is 0. The normalized spacial score (nSPS) is 15.7. The zero-order valence-corrected chi connectivity index (χ0v) is 28.9. The van der Waals surface area contributed by atoms with Crippen molar-refractivity contribution in [2.75, 3.05) is 5.75 Å². The molecule has 0 fully saturated rings. The van der Waals surface area contributed by atoms with E-state index in [0.29, 0.717) is 5.56 Å². The number of thiol groups is 1. The summed E-state index contributed by atoms with van der Waals surface area (Å²) < 4.78 is 0. The van der Waals surface area contributed by atoms with Crippen LogP contribution in [-0.4, -0.2) is 112 Å². The second-order valence-electron chi connectivity index (χ2n) is 11.4. The number of hydrogen-bond acceptors (Lipinski definition) is 11. The molecule has 7 amide bonds. The Morgan fingerprint density at radius 2 is 0.857 bits per heavy atom. The fourth-order valence-electron chi connectivity index (χ4n) is 3.85. The molecule has 0 aromatic heterocycles. The lowest BCUT2D eigenvalue weighted by Crippen LogP contribution is -2.58. The molecule has 1 aromatic rings. The third-order valence-corrected chi connectivity index (χ3v) is 7.43. The highest BCUT2D eigenvalue weighted by Gasteiger charge is 2.29. The molecule has 0 unspecified atom stereocenters. The zero-order chi connectivity index (χ0) is 37.6. The number of nitrogens with two attached hydrogens (primary N) is 1. The third-order valence-electron chi connectivity index (χ3n) is 7.04. The number of aromatic hydroxyl groups is 1. The van der Waals surface area contributed by atoms with Gasteiger partial charge in [0.2, 0.25) is 41.4 Å². The van der Waals surface area contributed by atoms with Crippen LogP contribution >= 0.6 is 12.6 Å². The first-order chi connectivity index (χ1) is 22.8. The number of benzene rings is 1. The zero-order valence-electron chi connectivity index (χ0n) is 28.0. The molecule has 0 bridgehead atoms. The van der Waals surface area contributed by atoms with Crippen molar-refractivity contribution in [2.24, 2.45) is 5.73 Å². The molecule has 19 heteroatoms. The molecule has 1 rings (SSSR count). The van der Waals surface area contributed by atoms with Crippen molar-refractivity contribution in [3.05, 3.63) is 29.8 Å². The third kappa shape index (κ3) is 14.4. The van der Waals surface area contributed by atoms with Crippen molar-refractivity contribution in [1.29, 1.82) is 0 Å². The second kappa shape index (κ2) is 19.8. The predicted molar refractivity (Wildman–Crippen MR) is 179 cm³/mol. The van der Waals surface area contributed by atoms with Crippen molar-refractivity contribution >= 4 is 59.9 Å². The van der Waals surface area contributed by atoms with Crippen LogP contribution in [0.2, 0.25) is 0 Å². The molecule has 0 heterocycles. The highest BCUT2D eigenvalue weighted by atomic mass is 32.1. The van der Waals surface area contributed by atoms with Gasteiger partial charge in [-0.05, 0) is 59.2 Å². The van der Waals surface area contributed by atoms with Crippen LogP contribution in [0.25, 0.3) is 0 Å². The molecular formula is C30H46N8O10S. The number of amides is 7. The van der Waals surface area contributed by atoms with Crippen LogP contribution in [0.5, 0.6) is 5.75 Å². The highest BCUT2D eigenvalue weighted by molar-refractivity contribution is 7.80. The van der Waals surface area contributed by atoms with E-state index in [1.54, 1.807) is 0 Å². The average Bonchev–Trinajstić information content (AvgIpc) is 3.04. The smallest absolute Gasteiger partial charge is 0.326 e. The van der Waals surface area contributed by atoms with Crippen LogP contribution < -0.4 is 43.0 Å². The van der Waals surface area contributed by atoms with Gasteiger partial charge in [0, 0.05) is 12.2 Å². The second-order valence-corrected chi connectivity index (χ2v) is 11.8. The number of carboxylic acids is 1. The number of nitrogens with one attached hydrogen (secondary N) is 7. The van der Waals surface area contributed by atoms with Gasteiger partial charge < -0.3 is 53.2 Å². The number of hydrogen-bond donors (Lipinski definition) is 11. The molecule has 0 aliphatic rings. The lowest BCUT2D eigenvalue weighted by atomic mass is 10.1. The lowest BCUT2D eigenvalue weighted by molar-refractivity contribution is -0.142. The summed E-state index contributed by atoms with van der Waals surface area (Å²) in [6.45, 7) is 8.09. The Balaban J connectivity index is 2.58. The van der Waals surface area contributed by atoms with Gasteiger partial charge in [-0.25, -0.2) is 4.79 Å². The van der Waals surface area contributed by atoms with E-state index < -0.39 is 95.7 Å². The number of phenols is 1. The molecule has 1 aromatic carbocycles. The molecule has 0 saturated carbocycles. The van der Waals surface area contributed by atoms with E-state index in [9.17, 15) is 48.6 Å². The molecule has 0 spiro atoms. The Labute approximate surface area is 288 Å². The van der Waals surface area contributed by atoms with E-state index in [4.69, 9.17) is 5.73 Å². The van der Waals surface area contributed by atoms with E-state index >= 15 is 0 Å². The maximum Gasteiger partial charge on any atom is 0.326 e. The Kier molecular flexibility index (Phi) is 17.0. The summed E-state index contributed by atoms with van der Waals surface area (Å²) >= 11 is 3.92. The van der Waals surface area contributed by atoms with E-state index in [1.165, 1.54) is 65.8 Å². The molecule has 11 N–H and O–H groups in total. The summed E-state index contributed by atoms with van der Waals surface area (Å²) in [6.07, 6.45) is -0.0801. The van der Waals surface area contributed by atoms with Gasteiger partial charge in [0.05, 0.1) is 6.04 Å². The van der Waals surface area contributed by atoms with Crippen LogP contribution in [0.1, 0.15) is 47.1 Å². The minimum absolute atomic E-state index is 0.00576. The number of phenolic OH excluding ortho intramolecular Hbond substituents is 1. The van der Waals surface area contributed by atoms with Crippen LogP contribution in [0.15, 0.2) is 24.3 Å². The number of aliphatic carboxylic acids is 1. The fraction of sp³-hybridized carbons (Fsp3) is 0.533. The maximum atomic E-state index is 12.7. The van der Waals surface area contributed by atoms with Crippen LogP contribution in [0.3, 0.4) is 0 Å². The predicted octanol–water partition coefficient (Wildman–Crippen LogP) is -3.21. The first-order valence-electron chi connectivity index (χ1n) is 15.3. The molecule has 49 heavy (non-hydrogen) atoms. The van der Waals surface area contributed by atoms with Crippen molar-refractivity contribution in [3.63, 3.8) is 0 Å². The molecule has 0 aliphatic heterocycles. The van der Waals surface area contributed by atoms with Crippen LogP contribution in [0, 0.1) is 0 Å². The standard InChI is InChI=1S/C30H46N8O10S/c1-13(33-25(42)15(3)35-27(44)17(5)37-29(46)21(31)12-49)23(40)32-14(2)24(41)34-16(4)26(43)36-18(6)28(45)38-22(30(47)48)11-19-7-9-20(39)10-8-19/h7-10,13-18,21-22,39,49H,11-12,31H2,1-6H3,(H,32,40)(H,33,42)(H,34,41)(H,35,44)(H,36,43)(H,37,46)(H,38,45)(H,47,48)/t13-,14-,15-,16-,17-,18-,21-,22-/m0/s1. The number of carbonyl (C=O) groups excluding carboxylic acids is 7. The first kappa shape index (κ1) is 42.1. The molecule has 18 nitrogen and oxygen atoms in total. The molecular weight excluding hydrogens is 664 g/mol. The summed E-state index contributed by atoms with van der Waals surface area (Å²) in [5.41, 5.74) is 6.10. The van der Waals surface area contributed by atoms with Gasteiger partial charge in [0.25, 0.3) is 0 Å². The number of carboxylic acid groups (broad SMARTS) is 1. The minimum Gasteiger partial charge on any atom is -0.508 e. The summed E-state index contributed by atoms with van der Waals surface area (Å²) in [5.74, 6) is -6.32. The fourth-order valence-corrected chi connectivity index (χ4v) is 4.02. The van der Waals surface area contributed by atoms with E-state index in [0.717, 1.165) is 0 Å². The molecule has 0 saturated heterocycles. The van der Waals surface area contributed by atoms with Crippen LogP contribution in [0.4, 0.5) is 0 Å². The largest absolute Gasteiger partial charge is 0.508 e. The minimum atomic E-state index is -1.32. The average molecular weight is 711 g/mol. The van der Waals surface area contributed by atoms with Gasteiger partial charge in [0.15, 0.2) is 0 Å². The monoisotopic (exact) mass is 710 g/mol. The first-order valence-corrected chi connectivity index (χ1v) is 15.9. The van der Waals surface area contributed by atoms with E-state index in [-0.39, 0.29) is 17.9 Å². The van der Waals surface area contributed by atoms with E-state index in [2.05, 4.69) is 49.8 Å². The quantitative estimate of drug-likeness (QED) is 0.0674. The van der Waals surface area contributed by atoms with Crippen molar-refractivity contribution in [1.82, 2.24) is 37.2 Å². The molecule has 0 aliphatic carbocycles.